The van der Waals surface area contributed by atoms with Crippen LogP contribution >= 0.6 is 22.6 Å². The Hall–Kier alpha value is -1.58. The Morgan fingerprint density at radius 2 is 1.97 bits per heavy atom. The van der Waals surface area contributed by atoms with E-state index in [-0.39, 0.29) is 6.10 Å². The summed E-state index contributed by atoms with van der Waals surface area (Å²) < 4.78 is 13.2. The highest BCUT2D eigenvalue weighted by Gasteiger charge is 2.29. The predicted octanol–water partition coefficient (Wildman–Crippen LogP) is 4.19. The van der Waals surface area contributed by atoms with Gasteiger partial charge < -0.3 is 25.0 Å². The van der Waals surface area contributed by atoms with Gasteiger partial charge in [0.05, 0.1) is 28.0 Å². The summed E-state index contributed by atoms with van der Waals surface area (Å²) in [4.78, 5) is 7.08. The van der Waals surface area contributed by atoms with E-state index in [0.717, 1.165) is 65.8 Å². The molecule has 2 N–H and O–H groups in total. The number of hydrogen-bond acceptors (Lipinski definition) is 6. The average Bonchev–Trinajstić information content (AvgIpc) is 2.91. The summed E-state index contributed by atoms with van der Waals surface area (Å²) in [7, 11) is 0. The van der Waals surface area contributed by atoms with E-state index in [0.29, 0.717) is 5.92 Å². The quantitative estimate of drug-likeness (QED) is 0.597. The molecule has 0 saturated carbocycles. The van der Waals surface area contributed by atoms with Crippen LogP contribution in [0.4, 0.5) is 17.2 Å². The monoisotopic (exact) mass is 506 g/mol. The molecule has 154 valence electrons. The Bertz CT molecular complexity index is 895. The van der Waals surface area contributed by atoms with E-state index in [2.05, 4.69) is 63.2 Å². The van der Waals surface area contributed by atoms with Crippen molar-refractivity contribution in [1.82, 2.24) is 10.3 Å². The fourth-order valence-electron chi connectivity index (χ4n) is 4.62. The smallest absolute Gasteiger partial charge is 0.157 e. The number of fused-ring (bicyclic) bond motifs is 2. The summed E-state index contributed by atoms with van der Waals surface area (Å²) in [5, 5.41) is 7.08. The standard InChI is InChI=1S/C22H27IN4O2/c1-14-20-19(27-8-10-28-11-9-27)4-7-25-22(20)26-18-13-16(12-17(23)21(18)29-14)15-2-5-24-6-3-15/h4,7,12-15,24H,2-3,5-6,8-11H2,1H3,(H,25,26). The molecule has 2 fully saturated rings. The predicted molar refractivity (Wildman–Crippen MR) is 124 cm³/mol. The highest BCUT2D eigenvalue weighted by molar-refractivity contribution is 14.1. The number of aromatic nitrogens is 1. The molecule has 5 rings (SSSR count). The highest BCUT2D eigenvalue weighted by Crippen LogP contribution is 2.45. The number of piperidine rings is 1. The second kappa shape index (κ2) is 8.28. The van der Waals surface area contributed by atoms with Crippen LogP contribution in [0.5, 0.6) is 5.75 Å². The molecular formula is C22H27IN4O2. The van der Waals surface area contributed by atoms with Crippen LogP contribution in [-0.4, -0.2) is 44.4 Å². The lowest BCUT2D eigenvalue weighted by atomic mass is 9.90. The van der Waals surface area contributed by atoms with E-state index in [9.17, 15) is 0 Å². The van der Waals surface area contributed by atoms with Crippen LogP contribution < -0.4 is 20.3 Å². The number of ether oxygens (including phenoxy) is 2. The molecular weight excluding hydrogens is 479 g/mol. The second-order valence-corrected chi connectivity index (χ2v) is 9.14. The largest absolute Gasteiger partial charge is 0.483 e. The SMILES string of the molecule is CC1Oc2c(I)cc(C3CCNCC3)cc2Nc2nccc(N3CCOCC3)c21. The average molecular weight is 506 g/mol. The van der Waals surface area contributed by atoms with Crippen molar-refractivity contribution in [3.8, 4) is 5.75 Å². The van der Waals surface area contributed by atoms with Crippen molar-refractivity contribution in [3.63, 3.8) is 0 Å². The van der Waals surface area contributed by atoms with Gasteiger partial charge in [-0.3, -0.25) is 0 Å². The molecule has 3 aliphatic rings. The zero-order valence-corrected chi connectivity index (χ0v) is 18.9. The lowest BCUT2D eigenvalue weighted by Crippen LogP contribution is -2.37. The fourth-order valence-corrected chi connectivity index (χ4v) is 5.40. The third-order valence-electron chi connectivity index (χ3n) is 6.15. The van der Waals surface area contributed by atoms with Crippen molar-refractivity contribution in [2.75, 3.05) is 49.6 Å². The molecule has 1 unspecified atom stereocenters. The van der Waals surface area contributed by atoms with Gasteiger partial charge >= 0.3 is 0 Å². The summed E-state index contributed by atoms with van der Waals surface area (Å²) in [6.45, 7) is 7.62. The van der Waals surface area contributed by atoms with Gasteiger partial charge in [0.1, 0.15) is 11.9 Å². The maximum atomic E-state index is 6.51. The Labute approximate surface area is 185 Å². The molecule has 29 heavy (non-hydrogen) atoms. The fraction of sp³-hybridized carbons (Fsp3) is 0.500. The van der Waals surface area contributed by atoms with Crippen molar-refractivity contribution in [2.24, 2.45) is 0 Å². The molecule has 0 radical (unpaired) electrons. The molecule has 0 spiro atoms. The van der Waals surface area contributed by atoms with Crippen LogP contribution in [0.25, 0.3) is 0 Å². The van der Waals surface area contributed by atoms with Gasteiger partial charge in [-0.15, -0.1) is 0 Å². The Balaban J connectivity index is 1.53. The number of benzene rings is 1. The number of halogens is 1. The van der Waals surface area contributed by atoms with Crippen LogP contribution in [0.15, 0.2) is 24.4 Å². The number of morpholine rings is 1. The van der Waals surface area contributed by atoms with E-state index in [1.54, 1.807) is 0 Å². The molecule has 0 bridgehead atoms. The van der Waals surface area contributed by atoms with Crippen molar-refractivity contribution < 1.29 is 9.47 Å². The van der Waals surface area contributed by atoms with E-state index >= 15 is 0 Å². The molecule has 0 aliphatic carbocycles. The van der Waals surface area contributed by atoms with E-state index < -0.39 is 0 Å². The zero-order valence-electron chi connectivity index (χ0n) is 16.7. The van der Waals surface area contributed by atoms with Gasteiger partial charge in [-0.2, -0.15) is 0 Å². The summed E-state index contributed by atoms with van der Waals surface area (Å²) in [5.41, 5.74) is 4.75. The summed E-state index contributed by atoms with van der Waals surface area (Å²) in [6, 6.07) is 6.68. The first-order valence-corrected chi connectivity index (χ1v) is 11.6. The maximum absolute atomic E-state index is 6.51. The number of hydrogen-bond donors (Lipinski definition) is 2. The topological polar surface area (TPSA) is 58.7 Å². The molecule has 2 saturated heterocycles. The number of nitrogens with zero attached hydrogens (tertiary/aromatic N) is 2. The normalized spacial score (nSPS) is 22.1. The van der Waals surface area contributed by atoms with Gasteiger partial charge in [0.25, 0.3) is 0 Å². The molecule has 2 aromatic rings. The van der Waals surface area contributed by atoms with Crippen molar-refractivity contribution >= 4 is 39.8 Å². The van der Waals surface area contributed by atoms with Crippen molar-refractivity contribution in [3.05, 3.63) is 39.1 Å². The molecule has 3 aliphatic heterocycles. The van der Waals surface area contributed by atoms with Gasteiger partial charge in [-0.1, -0.05) is 0 Å². The number of rotatable bonds is 2. The van der Waals surface area contributed by atoms with Crippen LogP contribution in [0.3, 0.4) is 0 Å². The Kier molecular flexibility index (Phi) is 5.53. The van der Waals surface area contributed by atoms with E-state index in [4.69, 9.17) is 14.5 Å². The van der Waals surface area contributed by atoms with Crippen molar-refractivity contribution in [2.45, 2.75) is 31.8 Å². The van der Waals surface area contributed by atoms with Gasteiger partial charge in [0.15, 0.2) is 5.75 Å². The molecule has 4 heterocycles. The molecule has 7 heteroatoms. The first-order valence-electron chi connectivity index (χ1n) is 10.5. The Morgan fingerprint density at radius 3 is 2.76 bits per heavy atom. The summed E-state index contributed by atoms with van der Waals surface area (Å²) in [6.07, 6.45) is 4.18. The molecule has 0 amide bonds. The number of anilines is 3. The summed E-state index contributed by atoms with van der Waals surface area (Å²) in [5.74, 6) is 2.44. The first kappa shape index (κ1) is 19.4. The first-order chi connectivity index (χ1) is 14.2. The van der Waals surface area contributed by atoms with Crippen molar-refractivity contribution in [1.29, 1.82) is 0 Å². The Morgan fingerprint density at radius 1 is 1.17 bits per heavy atom. The molecule has 1 aromatic heterocycles. The zero-order chi connectivity index (χ0) is 19.8. The number of pyridine rings is 1. The molecule has 1 aromatic carbocycles. The van der Waals surface area contributed by atoms with Crippen LogP contribution in [0, 0.1) is 3.57 Å². The third-order valence-corrected chi connectivity index (χ3v) is 6.95. The van der Waals surface area contributed by atoms with Gasteiger partial charge in [0.2, 0.25) is 0 Å². The van der Waals surface area contributed by atoms with E-state index in [1.807, 2.05) is 6.20 Å². The highest BCUT2D eigenvalue weighted by atomic mass is 127. The lowest BCUT2D eigenvalue weighted by Gasteiger charge is -2.31. The van der Waals surface area contributed by atoms with Gasteiger partial charge in [-0.25, -0.2) is 4.98 Å². The second-order valence-electron chi connectivity index (χ2n) is 7.98. The minimum Gasteiger partial charge on any atom is -0.483 e. The van der Waals surface area contributed by atoms with Crippen LogP contribution in [-0.2, 0) is 4.74 Å². The summed E-state index contributed by atoms with van der Waals surface area (Å²) >= 11 is 2.42. The maximum Gasteiger partial charge on any atom is 0.157 e. The number of nitrogens with one attached hydrogen (secondary N) is 2. The van der Waals surface area contributed by atoms with Crippen LogP contribution in [0.2, 0.25) is 0 Å². The van der Waals surface area contributed by atoms with E-state index in [1.165, 1.54) is 24.1 Å². The lowest BCUT2D eigenvalue weighted by molar-refractivity contribution is 0.122. The minimum atomic E-state index is -0.0801. The molecule has 1 atom stereocenters. The minimum absolute atomic E-state index is 0.0801. The van der Waals surface area contributed by atoms with Gasteiger partial charge in [-0.05, 0) is 85.1 Å². The third kappa shape index (κ3) is 3.80. The van der Waals surface area contributed by atoms with Crippen LogP contribution in [0.1, 0.15) is 42.9 Å². The van der Waals surface area contributed by atoms with Gasteiger partial charge in [0, 0.05) is 25.0 Å². The molecule has 6 nitrogen and oxygen atoms in total.